The Morgan fingerprint density at radius 2 is 1.71 bits per heavy atom. The smallest absolute Gasteiger partial charge is 0.410 e. The van der Waals surface area contributed by atoms with Crippen LogP contribution >= 0.6 is 0 Å². The molecule has 3 N–H and O–H groups in total. The van der Waals surface area contributed by atoms with Crippen molar-refractivity contribution in [2.45, 2.75) is 39.8 Å². The van der Waals surface area contributed by atoms with E-state index >= 15 is 0 Å². The Labute approximate surface area is 245 Å². The number of urea groups is 1. The number of hydrogen-bond acceptors (Lipinski definition) is 8. The van der Waals surface area contributed by atoms with Gasteiger partial charge in [-0.25, -0.2) is 19.4 Å². The summed E-state index contributed by atoms with van der Waals surface area (Å²) in [6.07, 6.45) is 4.33. The van der Waals surface area contributed by atoms with Crippen molar-refractivity contribution in [1.82, 2.24) is 30.4 Å². The first kappa shape index (κ1) is 30.5. The lowest BCUT2D eigenvalue weighted by Gasteiger charge is -2.35. The molecule has 1 aliphatic heterocycles. The minimum absolute atomic E-state index is 0.233. The fraction of sp³-hybridized carbons (Fsp3) is 0.433. The number of alkyl carbamates (subject to hydrolysis) is 1. The first-order valence-electron chi connectivity index (χ1n) is 14.1. The van der Waals surface area contributed by atoms with Crippen molar-refractivity contribution in [2.24, 2.45) is 0 Å². The molecule has 12 heteroatoms. The second-order valence-corrected chi connectivity index (χ2v) is 10.9. The Balaban J connectivity index is 1.33. The first-order chi connectivity index (χ1) is 20.1. The van der Waals surface area contributed by atoms with Crippen molar-refractivity contribution in [2.75, 3.05) is 51.2 Å². The Kier molecular flexibility index (Phi) is 10.1. The van der Waals surface area contributed by atoms with E-state index in [9.17, 15) is 14.4 Å². The maximum absolute atomic E-state index is 12.5. The predicted octanol–water partition coefficient (Wildman–Crippen LogP) is 4.22. The molecule has 0 aliphatic carbocycles. The van der Waals surface area contributed by atoms with Gasteiger partial charge in [-0.05, 0) is 68.0 Å². The molecular weight excluding hydrogens is 538 g/mol. The van der Waals surface area contributed by atoms with Gasteiger partial charge in [-0.1, -0.05) is 12.1 Å². The molecule has 42 heavy (non-hydrogen) atoms. The van der Waals surface area contributed by atoms with E-state index in [1.165, 1.54) is 0 Å². The average molecular weight is 578 g/mol. The molecule has 1 fully saturated rings. The second-order valence-electron chi connectivity index (χ2n) is 10.9. The summed E-state index contributed by atoms with van der Waals surface area (Å²) in [7, 11) is 0. The topological polar surface area (TPSA) is 138 Å². The molecule has 224 valence electrons. The van der Waals surface area contributed by atoms with Crippen LogP contribution < -0.4 is 16.0 Å². The lowest BCUT2D eigenvalue weighted by Crippen LogP contribution is -2.50. The summed E-state index contributed by atoms with van der Waals surface area (Å²) in [5, 5.41) is 10.0. The van der Waals surface area contributed by atoms with E-state index in [-0.39, 0.29) is 25.3 Å². The summed E-state index contributed by atoms with van der Waals surface area (Å²) in [4.78, 5) is 49.2. The minimum atomic E-state index is -0.521. The van der Waals surface area contributed by atoms with Crippen LogP contribution in [0.3, 0.4) is 0 Å². The number of hydrogen-bond donors (Lipinski definition) is 3. The van der Waals surface area contributed by atoms with Gasteiger partial charge in [0.2, 0.25) is 0 Å². The number of carbonyl (C=O) groups is 3. The number of nitrogens with one attached hydrogen (secondary N) is 3. The standard InChI is InChI=1S/C30H39N7O5/c1-5-32-27(38)35-26-18-24-23(21-8-10-31-11-9-21)7-6-22(25(24)20-33-26)19-34-28(39)41-17-16-36-12-14-37(15-13-36)29(40)42-30(2,3)4/h6-11,18,20H,5,12-17,19H2,1-4H3,(H,34,39)(H2,32,33,35,38). The molecule has 12 nitrogen and oxygen atoms in total. The van der Waals surface area contributed by atoms with Crippen molar-refractivity contribution < 1.29 is 23.9 Å². The van der Waals surface area contributed by atoms with Crippen molar-refractivity contribution >= 4 is 34.8 Å². The SMILES string of the molecule is CCNC(=O)Nc1cc2c(-c3ccncc3)ccc(CNC(=O)OCCN3CCN(C(=O)OC(C)(C)C)CC3)c2cn1. The first-order valence-corrected chi connectivity index (χ1v) is 14.1. The van der Waals surface area contributed by atoms with Crippen molar-refractivity contribution in [3.8, 4) is 11.1 Å². The van der Waals surface area contributed by atoms with E-state index in [1.54, 1.807) is 23.5 Å². The number of ether oxygens (including phenoxy) is 2. The van der Waals surface area contributed by atoms with Crippen LogP contribution in [0, 0.1) is 0 Å². The highest BCUT2D eigenvalue weighted by Crippen LogP contribution is 2.32. The molecule has 3 aromatic rings. The van der Waals surface area contributed by atoms with Crippen LogP contribution in [-0.2, 0) is 16.0 Å². The highest BCUT2D eigenvalue weighted by atomic mass is 16.6. The molecule has 1 aliphatic rings. The number of fused-ring (bicyclic) bond motifs is 1. The number of nitrogens with zero attached hydrogens (tertiary/aromatic N) is 4. The summed E-state index contributed by atoms with van der Waals surface area (Å²) >= 11 is 0. The molecule has 0 bridgehead atoms. The lowest BCUT2D eigenvalue weighted by molar-refractivity contribution is 0.0131. The summed E-state index contributed by atoms with van der Waals surface area (Å²) in [5.74, 6) is 0.417. The van der Waals surface area contributed by atoms with Crippen LogP contribution in [-0.4, -0.2) is 89.5 Å². The minimum Gasteiger partial charge on any atom is -0.448 e. The molecule has 0 spiro atoms. The molecule has 0 saturated carbocycles. The van der Waals surface area contributed by atoms with Gasteiger partial charge < -0.3 is 25.0 Å². The van der Waals surface area contributed by atoms with Gasteiger partial charge in [0, 0.05) is 69.8 Å². The van der Waals surface area contributed by atoms with Crippen LogP contribution in [0.15, 0.2) is 48.9 Å². The maximum atomic E-state index is 12.5. The number of benzene rings is 1. The van der Waals surface area contributed by atoms with Gasteiger partial charge in [-0.15, -0.1) is 0 Å². The number of amides is 4. The molecule has 1 saturated heterocycles. The third-order valence-corrected chi connectivity index (χ3v) is 6.65. The molecule has 2 aromatic heterocycles. The van der Waals surface area contributed by atoms with Gasteiger partial charge in [0.05, 0.1) is 0 Å². The highest BCUT2D eigenvalue weighted by molar-refractivity contribution is 6.00. The number of piperazine rings is 1. The number of aromatic nitrogens is 2. The number of pyridine rings is 2. The zero-order chi connectivity index (χ0) is 30.1. The van der Waals surface area contributed by atoms with Crippen LogP contribution in [0.25, 0.3) is 21.9 Å². The van der Waals surface area contributed by atoms with Crippen LogP contribution in [0.4, 0.5) is 20.2 Å². The maximum Gasteiger partial charge on any atom is 0.410 e. The molecule has 1 aromatic carbocycles. The molecule has 0 radical (unpaired) electrons. The van der Waals surface area contributed by atoms with Crippen LogP contribution in [0.5, 0.6) is 0 Å². The predicted molar refractivity (Wildman–Crippen MR) is 160 cm³/mol. The Hall–Kier alpha value is -4.45. The normalized spacial score (nSPS) is 13.9. The molecule has 3 heterocycles. The van der Waals surface area contributed by atoms with Gasteiger partial charge in [-0.2, -0.15) is 0 Å². The number of anilines is 1. The van der Waals surface area contributed by atoms with Crippen LogP contribution in [0.2, 0.25) is 0 Å². The highest BCUT2D eigenvalue weighted by Gasteiger charge is 2.25. The van der Waals surface area contributed by atoms with Gasteiger partial charge >= 0.3 is 18.2 Å². The van der Waals surface area contributed by atoms with E-state index < -0.39 is 11.7 Å². The van der Waals surface area contributed by atoms with E-state index in [0.29, 0.717) is 45.1 Å². The molecule has 4 rings (SSSR count). The molecule has 4 amide bonds. The largest absolute Gasteiger partial charge is 0.448 e. The van der Waals surface area contributed by atoms with Crippen molar-refractivity contribution in [3.05, 3.63) is 54.5 Å². The van der Waals surface area contributed by atoms with Gasteiger partial charge in [0.1, 0.15) is 18.0 Å². The number of rotatable bonds is 8. The molecule has 0 unspecified atom stereocenters. The fourth-order valence-electron chi connectivity index (χ4n) is 4.59. The summed E-state index contributed by atoms with van der Waals surface area (Å²) in [6.45, 7) is 11.4. The Bertz CT molecular complexity index is 1390. The second kappa shape index (κ2) is 13.9. The molecule has 0 atom stereocenters. The Morgan fingerprint density at radius 1 is 0.976 bits per heavy atom. The molecular formula is C30H39N7O5. The fourth-order valence-corrected chi connectivity index (χ4v) is 4.59. The average Bonchev–Trinajstić information content (AvgIpc) is 2.96. The van der Waals surface area contributed by atoms with E-state index in [4.69, 9.17) is 9.47 Å². The van der Waals surface area contributed by atoms with E-state index in [2.05, 4.69) is 30.8 Å². The monoisotopic (exact) mass is 577 g/mol. The van der Waals surface area contributed by atoms with E-state index in [1.807, 2.05) is 58.0 Å². The van der Waals surface area contributed by atoms with Gasteiger partial charge in [0.15, 0.2) is 0 Å². The van der Waals surface area contributed by atoms with Gasteiger partial charge in [0.25, 0.3) is 0 Å². The Morgan fingerprint density at radius 3 is 2.40 bits per heavy atom. The quantitative estimate of drug-likeness (QED) is 0.362. The zero-order valence-electron chi connectivity index (χ0n) is 24.6. The summed E-state index contributed by atoms with van der Waals surface area (Å²) < 4.78 is 10.9. The van der Waals surface area contributed by atoms with Crippen molar-refractivity contribution in [3.63, 3.8) is 0 Å². The van der Waals surface area contributed by atoms with Gasteiger partial charge in [-0.3, -0.25) is 15.2 Å². The van der Waals surface area contributed by atoms with Crippen molar-refractivity contribution in [1.29, 1.82) is 0 Å². The zero-order valence-corrected chi connectivity index (χ0v) is 24.6. The van der Waals surface area contributed by atoms with Crippen LogP contribution in [0.1, 0.15) is 33.3 Å². The third-order valence-electron chi connectivity index (χ3n) is 6.65. The lowest BCUT2D eigenvalue weighted by atomic mass is 9.96. The third kappa shape index (κ3) is 8.53. The summed E-state index contributed by atoms with van der Waals surface area (Å²) in [5.41, 5.74) is 2.25. The van der Waals surface area contributed by atoms with E-state index in [0.717, 1.165) is 27.5 Å². The number of carbonyl (C=O) groups excluding carboxylic acids is 3. The summed E-state index contributed by atoms with van der Waals surface area (Å²) in [6, 6.07) is 9.25.